The Morgan fingerprint density at radius 2 is 2.09 bits per heavy atom. The predicted octanol–water partition coefficient (Wildman–Crippen LogP) is 2.94. The molecule has 0 bridgehead atoms. The Kier molecular flexibility index (Phi) is 4.81. The van der Waals surface area contributed by atoms with E-state index in [1.807, 2.05) is 0 Å². The number of nitrogens with zero attached hydrogens (tertiary/aromatic N) is 1. The highest BCUT2D eigenvalue weighted by Gasteiger charge is 2.17. The van der Waals surface area contributed by atoms with Gasteiger partial charge in [-0.05, 0) is 13.0 Å². The Hall–Kier alpha value is -1.95. The Morgan fingerprint density at radius 1 is 1.36 bits per heavy atom. The number of hydrogen-bond donors (Lipinski definition) is 2. The molecule has 2 N–H and O–H groups in total. The Bertz CT molecular complexity index is 680. The molecule has 0 aliphatic rings. The van der Waals surface area contributed by atoms with E-state index in [2.05, 4.69) is 41.4 Å². The van der Waals surface area contributed by atoms with Crippen molar-refractivity contribution >= 4 is 23.0 Å². The van der Waals surface area contributed by atoms with Crippen molar-refractivity contribution in [1.82, 2.24) is 15.3 Å². The number of carbonyl (C=O) groups excluding carboxylic acids is 2. The molecule has 6 heteroatoms. The fraction of sp³-hybridized carbons (Fsp3) is 0.438. The van der Waals surface area contributed by atoms with E-state index >= 15 is 0 Å². The molecule has 0 aliphatic carbocycles. The van der Waals surface area contributed by atoms with Gasteiger partial charge in [-0.15, -0.1) is 11.3 Å². The third-order valence-electron chi connectivity index (χ3n) is 3.28. The zero-order valence-corrected chi connectivity index (χ0v) is 14.1. The average molecular weight is 319 g/mol. The standard InChI is InChI=1S/C16H21N3O2S/c1-10(20)11-7-12(18-8-11)15(21)17-6-5-14-19-13(9-22-14)16(2,3)4/h7-9,18H,5-6H2,1-4H3,(H,17,21). The van der Waals surface area contributed by atoms with Gasteiger partial charge in [0.25, 0.3) is 5.91 Å². The lowest BCUT2D eigenvalue weighted by Gasteiger charge is -2.14. The molecule has 0 saturated heterocycles. The fourth-order valence-electron chi connectivity index (χ4n) is 1.88. The maximum Gasteiger partial charge on any atom is 0.267 e. The molecule has 0 radical (unpaired) electrons. The largest absolute Gasteiger partial charge is 0.356 e. The molecule has 118 valence electrons. The van der Waals surface area contributed by atoms with Crippen LogP contribution < -0.4 is 5.32 Å². The first kappa shape index (κ1) is 16.4. The highest BCUT2D eigenvalue weighted by molar-refractivity contribution is 7.09. The summed E-state index contributed by atoms with van der Waals surface area (Å²) < 4.78 is 0. The Balaban J connectivity index is 1.86. The van der Waals surface area contributed by atoms with Crippen LogP contribution in [0.4, 0.5) is 0 Å². The molecule has 5 nitrogen and oxygen atoms in total. The maximum absolute atomic E-state index is 12.0. The highest BCUT2D eigenvalue weighted by atomic mass is 32.1. The third kappa shape index (κ3) is 4.04. The zero-order valence-electron chi connectivity index (χ0n) is 13.3. The number of aromatic nitrogens is 2. The summed E-state index contributed by atoms with van der Waals surface area (Å²) in [5, 5.41) is 5.92. The SMILES string of the molecule is CC(=O)c1c[nH]c(C(=O)NCCc2nc(C(C)(C)C)cs2)c1. The van der Waals surface area contributed by atoms with Crippen LogP contribution in [0.15, 0.2) is 17.6 Å². The molecular weight excluding hydrogens is 298 g/mol. The van der Waals surface area contributed by atoms with E-state index in [9.17, 15) is 9.59 Å². The summed E-state index contributed by atoms with van der Waals surface area (Å²) in [7, 11) is 0. The number of ketones is 1. The molecule has 0 aromatic carbocycles. The molecule has 0 fully saturated rings. The fourth-order valence-corrected chi connectivity index (χ4v) is 2.90. The smallest absolute Gasteiger partial charge is 0.267 e. The zero-order chi connectivity index (χ0) is 16.3. The lowest BCUT2D eigenvalue weighted by molar-refractivity contribution is 0.0949. The molecule has 0 spiro atoms. The van der Waals surface area contributed by atoms with Gasteiger partial charge in [0, 0.05) is 35.5 Å². The number of nitrogens with one attached hydrogen (secondary N) is 2. The van der Waals surface area contributed by atoms with Gasteiger partial charge in [0.1, 0.15) is 5.69 Å². The molecule has 2 rings (SSSR count). The Labute approximate surface area is 134 Å². The number of Topliss-reactive ketones (excluding diaryl/α,β-unsaturated/α-hetero) is 1. The van der Waals surface area contributed by atoms with Crippen LogP contribution in [0.3, 0.4) is 0 Å². The van der Waals surface area contributed by atoms with Gasteiger partial charge in [-0.25, -0.2) is 4.98 Å². The average Bonchev–Trinajstić information content (AvgIpc) is 3.07. The predicted molar refractivity (Wildman–Crippen MR) is 87.6 cm³/mol. The number of hydrogen-bond acceptors (Lipinski definition) is 4. The minimum absolute atomic E-state index is 0.0470. The van der Waals surface area contributed by atoms with Gasteiger partial charge in [-0.3, -0.25) is 9.59 Å². The van der Waals surface area contributed by atoms with E-state index < -0.39 is 0 Å². The maximum atomic E-state index is 12.0. The van der Waals surface area contributed by atoms with Gasteiger partial charge in [-0.1, -0.05) is 20.8 Å². The summed E-state index contributed by atoms with van der Waals surface area (Å²) in [4.78, 5) is 30.6. The van der Waals surface area contributed by atoms with E-state index in [-0.39, 0.29) is 17.1 Å². The summed E-state index contributed by atoms with van der Waals surface area (Å²) in [5.74, 6) is -0.270. The molecule has 1 amide bonds. The highest BCUT2D eigenvalue weighted by Crippen LogP contribution is 2.23. The lowest BCUT2D eigenvalue weighted by atomic mass is 9.93. The van der Waals surface area contributed by atoms with Crippen LogP contribution >= 0.6 is 11.3 Å². The van der Waals surface area contributed by atoms with E-state index in [0.29, 0.717) is 24.2 Å². The summed E-state index contributed by atoms with van der Waals surface area (Å²) in [6.07, 6.45) is 2.25. The second-order valence-corrected chi connectivity index (χ2v) is 7.18. The van der Waals surface area contributed by atoms with Crippen LogP contribution in [0.5, 0.6) is 0 Å². The molecule has 0 aliphatic heterocycles. The number of aromatic amines is 1. The van der Waals surface area contributed by atoms with Crippen LogP contribution in [0, 0.1) is 0 Å². The first-order valence-corrected chi connectivity index (χ1v) is 8.08. The van der Waals surface area contributed by atoms with E-state index in [4.69, 9.17) is 0 Å². The number of H-pyrrole nitrogens is 1. The van der Waals surface area contributed by atoms with Crippen molar-refractivity contribution in [2.24, 2.45) is 0 Å². The second-order valence-electron chi connectivity index (χ2n) is 6.24. The van der Waals surface area contributed by atoms with E-state index in [1.165, 1.54) is 6.92 Å². The van der Waals surface area contributed by atoms with Crippen molar-refractivity contribution < 1.29 is 9.59 Å². The first-order valence-electron chi connectivity index (χ1n) is 7.20. The number of thiazole rings is 1. The van der Waals surface area contributed by atoms with Crippen LogP contribution in [0.1, 0.15) is 59.2 Å². The molecule has 22 heavy (non-hydrogen) atoms. The van der Waals surface area contributed by atoms with E-state index in [0.717, 1.165) is 10.7 Å². The van der Waals surface area contributed by atoms with Crippen LogP contribution in [0.2, 0.25) is 0 Å². The number of carbonyl (C=O) groups is 2. The molecule has 2 aromatic rings. The minimum Gasteiger partial charge on any atom is -0.356 e. The monoisotopic (exact) mass is 319 g/mol. The third-order valence-corrected chi connectivity index (χ3v) is 4.19. The molecule has 2 aromatic heterocycles. The van der Waals surface area contributed by atoms with Gasteiger partial charge in [0.15, 0.2) is 5.78 Å². The lowest BCUT2D eigenvalue weighted by Crippen LogP contribution is -2.26. The summed E-state index contributed by atoms with van der Waals surface area (Å²) in [6, 6.07) is 1.57. The molecule has 2 heterocycles. The normalized spacial score (nSPS) is 11.5. The number of rotatable bonds is 5. The minimum atomic E-state index is -0.208. The topological polar surface area (TPSA) is 74.8 Å². The van der Waals surface area contributed by atoms with Gasteiger partial charge < -0.3 is 10.3 Å². The van der Waals surface area contributed by atoms with Crippen molar-refractivity contribution in [2.45, 2.75) is 39.5 Å². The summed E-state index contributed by atoms with van der Waals surface area (Å²) in [6.45, 7) is 8.38. The van der Waals surface area contributed by atoms with Gasteiger partial charge in [0.2, 0.25) is 0 Å². The van der Waals surface area contributed by atoms with Crippen LogP contribution in [-0.2, 0) is 11.8 Å². The second kappa shape index (κ2) is 6.44. The summed E-state index contributed by atoms with van der Waals surface area (Å²) in [5.41, 5.74) is 2.04. The van der Waals surface area contributed by atoms with Crippen LogP contribution in [0.25, 0.3) is 0 Å². The van der Waals surface area contributed by atoms with Crippen molar-refractivity contribution in [3.05, 3.63) is 39.6 Å². The molecular formula is C16H21N3O2S. The first-order chi connectivity index (χ1) is 10.3. The molecule has 0 saturated carbocycles. The molecule has 0 unspecified atom stereocenters. The number of amides is 1. The quantitative estimate of drug-likeness (QED) is 0.832. The Morgan fingerprint density at radius 3 is 2.64 bits per heavy atom. The van der Waals surface area contributed by atoms with Crippen molar-refractivity contribution in [3.8, 4) is 0 Å². The van der Waals surface area contributed by atoms with Crippen molar-refractivity contribution in [3.63, 3.8) is 0 Å². The van der Waals surface area contributed by atoms with Crippen molar-refractivity contribution in [1.29, 1.82) is 0 Å². The van der Waals surface area contributed by atoms with E-state index in [1.54, 1.807) is 23.6 Å². The van der Waals surface area contributed by atoms with Gasteiger partial charge >= 0.3 is 0 Å². The summed E-state index contributed by atoms with van der Waals surface area (Å²) >= 11 is 1.62. The van der Waals surface area contributed by atoms with Gasteiger partial charge in [-0.2, -0.15) is 0 Å². The van der Waals surface area contributed by atoms with Crippen LogP contribution in [-0.4, -0.2) is 28.2 Å². The van der Waals surface area contributed by atoms with Crippen molar-refractivity contribution in [2.75, 3.05) is 6.54 Å². The van der Waals surface area contributed by atoms with Gasteiger partial charge in [0.05, 0.1) is 10.7 Å². The molecule has 0 atom stereocenters.